The first kappa shape index (κ1) is 15.2. The molecule has 0 saturated carbocycles. The third kappa shape index (κ3) is 9.12. The zero-order chi connectivity index (χ0) is 11.9. The molecule has 0 amide bonds. The summed E-state index contributed by atoms with van der Waals surface area (Å²) in [5, 5.41) is 7.36. The van der Waals surface area contributed by atoms with E-state index in [0.717, 1.165) is 27.9 Å². The Morgan fingerprint density at radius 1 is 1.40 bits per heavy atom. The Kier molecular flexibility index (Phi) is 7.53. The van der Waals surface area contributed by atoms with Crippen LogP contribution in [0.2, 0.25) is 0 Å². The average Bonchev–Trinajstić information content (AvgIpc) is 2.08. The number of nitrogens with one attached hydrogen (secondary N) is 1. The van der Waals surface area contributed by atoms with E-state index < -0.39 is 7.60 Å². The zero-order valence-electron chi connectivity index (χ0n) is 8.17. The first-order valence-electron chi connectivity index (χ1n) is 4.03. The maximum absolute atomic E-state index is 10.6. The van der Waals surface area contributed by atoms with Gasteiger partial charge in [0.05, 0.1) is 5.16 Å². The summed E-state index contributed by atoms with van der Waals surface area (Å²) in [6, 6.07) is 7.33. The predicted molar refractivity (Wildman–Crippen MR) is 62.9 cm³/mol. The SMILES string of the molecule is N=C=S.O=P(O)(O)Cc1cc[c]([Na])cc1. The van der Waals surface area contributed by atoms with Crippen LogP contribution < -0.4 is 2.81 Å². The molecule has 0 aliphatic rings. The molecule has 76 valence electrons. The fourth-order valence-electron chi connectivity index (χ4n) is 0.931. The van der Waals surface area contributed by atoms with Gasteiger partial charge in [0.1, 0.15) is 0 Å². The molecule has 1 rings (SSSR count). The molecule has 4 nitrogen and oxygen atoms in total. The number of hydrogen-bond donors (Lipinski definition) is 3. The predicted octanol–water partition coefficient (Wildman–Crippen LogP) is 0.826. The van der Waals surface area contributed by atoms with Crippen LogP contribution in [0.25, 0.3) is 0 Å². The molecule has 7 heteroatoms. The van der Waals surface area contributed by atoms with Gasteiger partial charge in [0.15, 0.2) is 0 Å². The van der Waals surface area contributed by atoms with E-state index in [1.54, 1.807) is 17.3 Å². The van der Waals surface area contributed by atoms with Crippen LogP contribution >= 0.6 is 19.8 Å². The van der Waals surface area contributed by atoms with Crippen LogP contribution in [-0.2, 0) is 10.7 Å². The third-order valence-corrected chi connectivity index (χ3v) is 2.95. The summed E-state index contributed by atoms with van der Waals surface area (Å²) in [5.74, 6) is 0. The average molecular weight is 253 g/mol. The Bertz CT molecular complexity index is 383. The second-order valence-corrected chi connectivity index (χ2v) is 5.91. The molecule has 0 unspecified atom stereocenters. The summed E-state index contributed by atoms with van der Waals surface area (Å²) in [5.41, 5.74) is 0.697. The van der Waals surface area contributed by atoms with Crippen molar-refractivity contribution in [3.05, 3.63) is 29.8 Å². The van der Waals surface area contributed by atoms with Gasteiger partial charge >= 0.3 is 88.7 Å². The van der Waals surface area contributed by atoms with Gasteiger partial charge in [0.25, 0.3) is 0 Å². The van der Waals surface area contributed by atoms with E-state index in [0.29, 0.717) is 5.56 Å². The Morgan fingerprint density at radius 2 is 1.80 bits per heavy atom. The van der Waals surface area contributed by atoms with E-state index in [2.05, 4.69) is 12.2 Å². The summed E-state index contributed by atoms with van der Waals surface area (Å²) >= 11 is 4.78. The standard InChI is InChI=1S/C7H8O3P.CHNS.Na/c8-11(9,10)6-7-4-2-1-3-5-7;2-1-3;/h2-5H,6H2,(H2,8,9,10);2H;. The normalized spacial score (nSPS) is 9.87. The monoisotopic (exact) mass is 253 g/mol. The van der Waals surface area contributed by atoms with Crippen LogP contribution in [-0.4, -0.2) is 42.9 Å². The van der Waals surface area contributed by atoms with Gasteiger partial charge in [0.2, 0.25) is 0 Å². The molecule has 0 bridgehead atoms. The van der Waals surface area contributed by atoms with Crippen molar-refractivity contribution in [2.75, 3.05) is 0 Å². The van der Waals surface area contributed by atoms with Crippen LogP contribution in [0.3, 0.4) is 0 Å². The van der Waals surface area contributed by atoms with E-state index >= 15 is 0 Å². The number of thiocarbonyl (C=S) groups is 1. The first-order valence-corrected chi connectivity index (χ1v) is 7.23. The summed E-state index contributed by atoms with van der Waals surface area (Å²) in [6.45, 7) is 0. The van der Waals surface area contributed by atoms with Crippen molar-refractivity contribution >= 4 is 55.7 Å². The van der Waals surface area contributed by atoms with E-state index in [1.807, 2.05) is 12.1 Å². The van der Waals surface area contributed by atoms with Crippen molar-refractivity contribution in [1.29, 1.82) is 5.41 Å². The molecule has 0 radical (unpaired) electrons. The summed E-state index contributed by atoms with van der Waals surface area (Å²) in [7, 11) is -3.89. The first-order chi connectivity index (χ1) is 6.89. The molecular weight excluding hydrogens is 244 g/mol. The van der Waals surface area contributed by atoms with E-state index in [4.69, 9.17) is 15.2 Å². The Labute approximate surface area is 111 Å². The summed E-state index contributed by atoms with van der Waals surface area (Å²) < 4.78 is 11.8. The molecule has 0 saturated heterocycles. The molecule has 0 atom stereocenters. The number of isothiocyanates is 1. The van der Waals surface area contributed by atoms with Gasteiger partial charge in [-0.1, -0.05) is 0 Å². The van der Waals surface area contributed by atoms with Crippen LogP contribution in [0.4, 0.5) is 0 Å². The molecule has 1 aromatic rings. The van der Waals surface area contributed by atoms with Crippen LogP contribution in [0, 0.1) is 5.41 Å². The van der Waals surface area contributed by atoms with E-state index in [9.17, 15) is 4.57 Å². The molecular formula is C8H9NNaO3PS. The number of hydrogen-bond acceptors (Lipinski definition) is 3. The molecule has 0 heterocycles. The second kappa shape index (κ2) is 7.44. The second-order valence-electron chi connectivity index (χ2n) is 2.91. The quantitative estimate of drug-likeness (QED) is 0.315. The molecule has 1 aromatic carbocycles. The number of benzene rings is 1. The van der Waals surface area contributed by atoms with Crippen molar-refractivity contribution in [1.82, 2.24) is 0 Å². The topological polar surface area (TPSA) is 81.4 Å². The summed E-state index contributed by atoms with van der Waals surface area (Å²) in [6.07, 6.45) is -0.158. The van der Waals surface area contributed by atoms with Crippen LogP contribution in [0.5, 0.6) is 0 Å². The van der Waals surface area contributed by atoms with E-state index in [-0.39, 0.29) is 6.16 Å². The fourth-order valence-corrected chi connectivity index (χ4v) is 1.95. The van der Waals surface area contributed by atoms with Crippen molar-refractivity contribution < 1.29 is 14.4 Å². The van der Waals surface area contributed by atoms with Crippen LogP contribution in [0.15, 0.2) is 24.3 Å². The third-order valence-electron chi connectivity index (χ3n) is 1.51. The van der Waals surface area contributed by atoms with Gasteiger partial charge in [-0.25, -0.2) is 5.41 Å². The molecule has 0 spiro atoms. The van der Waals surface area contributed by atoms with Crippen molar-refractivity contribution in [2.24, 2.45) is 0 Å². The molecule has 0 aliphatic heterocycles. The molecule has 0 fully saturated rings. The Hall–Kier alpha value is 0.170. The van der Waals surface area contributed by atoms with Gasteiger partial charge in [-0.15, -0.1) is 0 Å². The van der Waals surface area contributed by atoms with Gasteiger partial charge in [0, 0.05) is 0 Å². The van der Waals surface area contributed by atoms with Crippen molar-refractivity contribution in [2.45, 2.75) is 6.16 Å². The minimum absolute atomic E-state index is 0.158. The minimum atomic E-state index is -3.89. The van der Waals surface area contributed by atoms with Gasteiger partial charge in [-0.3, -0.25) is 0 Å². The number of rotatable bonds is 2. The maximum atomic E-state index is 10.6. The van der Waals surface area contributed by atoms with Gasteiger partial charge in [-0.2, -0.15) is 0 Å². The zero-order valence-corrected chi connectivity index (χ0v) is 11.9. The molecule has 15 heavy (non-hydrogen) atoms. The van der Waals surface area contributed by atoms with Crippen molar-refractivity contribution in [3.8, 4) is 0 Å². The summed E-state index contributed by atoms with van der Waals surface area (Å²) in [4.78, 5) is 17.3. The molecule has 0 aromatic heterocycles. The van der Waals surface area contributed by atoms with Crippen molar-refractivity contribution in [3.63, 3.8) is 0 Å². The molecule has 3 N–H and O–H groups in total. The van der Waals surface area contributed by atoms with Crippen LogP contribution in [0.1, 0.15) is 5.56 Å². The Morgan fingerprint density at radius 3 is 2.13 bits per heavy atom. The van der Waals surface area contributed by atoms with Gasteiger partial charge in [-0.05, 0) is 12.2 Å². The Balaban J connectivity index is 0.000000583. The van der Waals surface area contributed by atoms with E-state index in [1.165, 1.54) is 2.81 Å². The molecule has 0 aliphatic carbocycles. The van der Waals surface area contributed by atoms with Gasteiger partial charge < -0.3 is 0 Å². The fraction of sp³-hybridized carbons (Fsp3) is 0.125.